The highest BCUT2D eigenvalue weighted by atomic mass is 32.2. The van der Waals surface area contributed by atoms with Gasteiger partial charge in [-0.15, -0.1) is 0 Å². The van der Waals surface area contributed by atoms with Crippen LogP contribution >= 0.6 is 11.8 Å². The van der Waals surface area contributed by atoms with Crippen LogP contribution in [0.4, 0.5) is 5.69 Å². The second-order valence-electron chi connectivity index (χ2n) is 7.25. The number of amides is 1. The van der Waals surface area contributed by atoms with E-state index in [2.05, 4.69) is 10.3 Å². The summed E-state index contributed by atoms with van der Waals surface area (Å²) in [6.07, 6.45) is 1.78. The van der Waals surface area contributed by atoms with E-state index in [4.69, 9.17) is 14.6 Å². The van der Waals surface area contributed by atoms with Crippen molar-refractivity contribution in [3.8, 4) is 11.5 Å². The minimum Gasteiger partial charge on any atom is -0.490 e. The van der Waals surface area contributed by atoms with Crippen LogP contribution in [-0.4, -0.2) is 28.8 Å². The van der Waals surface area contributed by atoms with E-state index in [1.54, 1.807) is 36.4 Å². The van der Waals surface area contributed by atoms with Crippen LogP contribution in [0.3, 0.4) is 0 Å². The summed E-state index contributed by atoms with van der Waals surface area (Å²) in [6, 6.07) is 21.4. The molecule has 34 heavy (non-hydrogen) atoms. The molecular formula is C26H22N2O5S. The fraction of sp³-hybridized carbons (Fsp3) is 0.115. The number of carboxylic acids is 1. The summed E-state index contributed by atoms with van der Waals surface area (Å²) in [5.74, 6) is -0.0621. The molecule has 0 saturated carbocycles. The Kier molecular flexibility index (Phi) is 7.29. The number of carbonyl (C=O) groups is 2. The molecule has 0 unspecified atom stereocenters. The number of aliphatic imine (C=N–C) groups is 1. The van der Waals surface area contributed by atoms with Crippen molar-refractivity contribution in [2.45, 2.75) is 13.5 Å². The third kappa shape index (κ3) is 5.85. The molecule has 0 aromatic heterocycles. The lowest BCUT2D eigenvalue weighted by atomic mass is 10.1. The number of benzene rings is 3. The van der Waals surface area contributed by atoms with E-state index in [1.165, 1.54) is 11.8 Å². The summed E-state index contributed by atoms with van der Waals surface area (Å²) in [4.78, 5) is 28.4. The van der Waals surface area contributed by atoms with E-state index in [0.717, 1.165) is 16.8 Å². The maximum atomic E-state index is 12.4. The van der Waals surface area contributed by atoms with Gasteiger partial charge < -0.3 is 19.9 Å². The standard InChI is InChI=1S/C26H22N2O5S/c1-2-32-22-14-18(10-13-21(22)33-16-17-8-11-19(12-9-17)25(30)31)15-23-24(29)28-26(34-23)27-20-6-4-3-5-7-20/h3-15H,2,16H2,1H3,(H,30,31)(H,27,28,29). The number of hydrogen-bond donors (Lipinski definition) is 2. The van der Waals surface area contributed by atoms with Crippen LogP contribution in [0.5, 0.6) is 11.5 Å². The largest absolute Gasteiger partial charge is 0.490 e. The number of amidine groups is 1. The molecule has 1 amide bonds. The second kappa shape index (κ2) is 10.7. The molecule has 0 atom stereocenters. The zero-order valence-electron chi connectivity index (χ0n) is 18.4. The molecule has 0 bridgehead atoms. The van der Waals surface area contributed by atoms with E-state index in [1.807, 2.05) is 49.4 Å². The Morgan fingerprint density at radius 1 is 1.03 bits per heavy atom. The van der Waals surface area contributed by atoms with Gasteiger partial charge in [0.25, 0.3) is 5.91 Å². The summed E-state index contributed by atoms with van der Waals surface area (Å²) in [7, 11) is 0. The third-order valence-electron chi connectivity index (χ3n) is 4.80. The van der Waals surface area contributed by atoms with Crippen LogP contribution in [0.1, 0.15) is 28.4 Å². The number of nitrogens with one attached hydrogen (secondary N) is 1. The number of thioether (sulfide) groups is 1. The van der Waals surface area contributed by atoms with Crippen LogP contribution in [-0.2, 0) is 11.4 Å². The predicted molar refractivity (Wildman–Crippen MR) is 133 cm³/mol. The maximum absolute atomic E-state index is 12.4. The number of hydrogen-bond acceptors (Lipinski definition) is 6. The Bertz CT molecular complexity index is 1250. The molecule has 4 rings (SSSR count). The van der Waals surface area contributed by atoms with E-state index in [-0.39, 0.29) is 18.1 Å². The first kappa shape index (κ1) is 23.1. The highest BCUT2D eigenvalue weighted by molar-refractivity contribution is 8.18. The van der Waals surface area contributed by atoms with Gasteiger partial charge in [0.15, 0.2) is 16.7 Å². The van der Waals surface area contributed by atoms with Crippen molar-refractivity contribution in [2.24, 2.45) is 4.99 Å². The first-order chi connectivity index (χ1) is 16.5. The van der Waals surface area contributed by atoms with Gasteiger partial charge in [0.2, 0.25) is 0 Å². The Hall–Kier alpha value is -4.04. The molecule has 0 aliphatic carbocycles. The van der Waals surface area contributed by atoms with Gasteiger partial charge >= 0.3 is 5.97 Å². The Balaban J connectivity index is 1.48. The van der Waals surface area contributed by atoms with Crippen molar-refractivity contribution in [1.29, 1.82) is 0 Å². The van der Waals surface area contributed by atoms with Gasteiger partial charge in [-0.05, 0) is 72.3 Å². The average Bonchev–Trinajstić information content (AvgIpc) is 3.18. The first-order valence-corrected chi connectivity index (χ1v) is 11.4. The van der Waals surface area contributed by atoms with Crippen molar-refractivity contribution in [3.63, 3.8) is 0 Å². The smallest absolute Gasteiger partial charge is 0.335 e. The topological polar surface area (TPSA) is 97.2 Å². The molecule has 7 nitrogen and oxygen atoms in total. The molecule has 1 aliphatic heterocycles. The molecule has 0 spiro atoms. The Labute approximate surface area is 201 Å². The fourth-order valence-corrected chi connectivity index (χ4v) is 4.00. The normalized spacial score (nSPS) is 15.4. The van der Waals surface area contributed by atoms with E-state index in [0.29, 0.717) is 28.2 Å². The summed E-state index contributed by atoms with van der Waals surface area (Å²) < 4.78 is 11.7. The van der Waals surface area contributed by atoms with Crippen molar-refractivity contribution in [3.05, 3.63) is 94.4 Å². The van der Waals surface area contributed by atoms with Crippen molar-refractivity contribution < 1.29 is 24.2 Å². The number of nitrogens with zero attached hydrogens (tertiary/aromatic N) is 1. The number of aromatic carboxylic acids is 1. The summed E-state index contributed by atoms with van der Waals surface area (Å²) in [5, 5.41) is 12.3. The second-order valence-corrected chi connectivity index (χ2v) is 8.28. The third-order valence-corrected chi connectivity index (χ3v) is 5.71. The lowest BCUT2D eigenvalue weighted by Gasteiger charge is -2.13. The van der Waals surface area contributed by atoms with Gasteiger partial charge in [0.1, 0.15) is 6.61 Å². The van der Waals surface area contributed by atoms with Crippen LogP contribution in [0, 0.1) is 0 Å². The van der Waals surface area contributed by atoms with E-state index >= 15 is 0 Å². The SMILES string of the molecule is CCOc1cc(C=C2SC(=Nc3ccccc3)NC2=O)ccc1OCc1ccc(C(=O)O)cc1. The van der Waals surface area contributed by atoms with Crippen molar-refractivity contribution >= 4 is 40.6 Å². The molecule has 1 heterocycles. The molecule has 2 N–H and O–H groups in total. The highest BCUT2D eigenvalue weighted by Gasteiger charge is 2.24. The number of carboxylic acid groups (broad SMARTS) is 1. The summed E-state index contributed by atoms with van der Waals surface area (Å²) >= 11 is 1.28. The van der Waals surface area contributed by atoms with Crippen LogP contribution in [0.2, 0.25) is 0 Å². The lowest BCUT2D eigenvalue weighted by molar-refractivity contribution is -0.115. The molecule has 3 aromatic carbocycles. The van der Waals surface area contributed by atoms with E-state index < -0.39 is 5.97 Å². The number of ether oxygens (including phenoxy) is 2. The van der Waals surface area contributed by atoms with Gasteiger partial charge in [-0.2, -0.15) is 0 Å². The van der Waals surface area contributed by atoms with Crippen molar-refractivity contribution in [1.82, 2.24) is 5.32 Å². The van der Waals surface area contributed by atoms with Crippen LogP contribution in [0.25, 0.3) is 6.08 Å². The number of para-hydroxylation sites is 1. The predicted octanol–water partition coefficient (Wildman–Crippen LogP) is 5.25. The minimum atomic E-state index is -0.969. The molecule has 1 aliphatic rings. The van der Waals surface area contributed by atoms with Gasteiger partial charge in [-0.3, -0.25) is 4.79 Å². The average molecular weight is 475 g/mol. The quantitative estimate of drug-likeness (QED) is 0.433. The zero-order valence-corrected chi connectivity index (χ0v) is 19.2. The molecule has 3 aromatic rings. The monoisotopic (exact) mass is 474 g/mol. The van der Waals surface area contributed by atoms with Gasteiger partial charge in [0, 0.05) is 0 Å². The Morgan fingerprint density at radius 2 is 1.79 bits per heavy atom. The number of rotatable bonds is 8. The molecule has 0 radical (unpaired) electrons. The summed E-state index contributed by atoms with van der Waals surface area (Å²) in [6.45, 7) is 2.59. The van der Waals surface area contributed by atoms with E-state index in [9.17, 15) is 9.59 Å². The molecule has 1 fully saturated rings. The van der Waals surface area contributed by atoms with Gasteiger partial charge in [-0.25, -0.2) is 9.79 Å². The maximum Gasteiger partial charge on any atom is 0.335 e. The minimum absolute atomic E-state index is 0.206. The lowest BCUT2D eigenvalue weighted by Crippen LogP contribution is -2.19. The molecule has 172 valence electrons. The highest BCUT2D eigenvalue weighted by Crippen LogP contribution is 2.33. The fourth-order valence-electron chi connectivity index (χ4n) is 3.16. The van der Waals surface area contributed by atoms with Crippen LogP contribution in [0.15, 0.2) is 82.7 Å². The molecule has 1 saturated heterocycles. The summed E-state index contributed by atoms with van der Waals surface area (Å²) in [5.41, 5.74) is 2.62. The van der Waals surface area contributed by atoms with Crippen LogP contribution < -0.4 is 14.8 Å². The first-order valence-electron chi connectivity index (χ1n) is 10.6. The molecule has 8 heteroatoms. The van der Waals surface area contributed by atoms with Gasteiger partial charge in [0.05, 0.1) is 22.8 Å². The zero-order chi connectivity index (χ0) is 23.9. The molecular weight excluding hydrogens is 452 g/mol. The van der Waals surface area contributed by atoms with Crippen molar-refractivity contribution in [2.75, 3.05) is 6.61 Å². The van der Waals surface area contributed by atoms with Gasteiger partial charge in [-0.1, -0.05) is 36.4 Å². The number of carbonyl (C=O) groups excluding carboxylic acids is 1. The Morgan fingerprint density at radius 3 is 2.50 bits per heavy atom.